The van der Waals surface area contributed by atoms with Crippen molar-refractivity contribution in [2.75, 3.05) is 4.72 Å². The maximum atomic E-state index is 14.6. The van der Waals surface area contributed by atoms with Crippen LogP contribution in [0.3, 0.4) is 0 Å². The molecule has 2 aromatic heterocycles. The molecule has 0 aliphatic heterocycles. The van der Waals surface area contributed by atoms with Crippen LogP contribution in [0.15, 0.2) is 41.3 Å². The van der Waals surface area contributed by atoms with E-state index in [0.717, 1.165) is 0 Å². The third-order valence-electron chi connectivity index (χ3n) is 4.99. The van der Waals surface area contributed by atoms with E-state index < -0.39 is 21.1 Å². The molecule has 176 valence electrons. The Labute approximate surface area is 196 Å². The second-order valence-corrected chi connectivity index (χ2v) is 10.1. The van der Waals surface area contributed by atoms with Crippen molar-refractivity contribution in [1.29, 1.82) is 0 Å². The van der Waals surface area contributed by atoms with Crippen molar-refractivity contribution in [3.05, 3.63) is 63.3 Å². The number of aryl methyl sites for hydroxylation is 2. The summed E-state index contributed by atoms with van der Waals surface area (Å²) in [6.07, 6.45) is 2.68. The maximum absolute atomic E-state index is 14.6. The molecule has 0 saturated carbocycles. The van der Waals surface area contributed by atoms with Gasteiger partial charge < -0.3 is 9.30 Å². The third-order valence-corrected chi connectivity index (χ3v) is 7.08. The van der Waals surface area contributed by atoms with Gasteiger partial charge in [-0.25, -0.2) is 12.8 Å². The zero-order chi connectivity index (χ0) is 24.3. The van der Waals surface area contributed by atoms with E-state index in [2.05, 4.69) is 14.7 Å². The van der Waals surface area contributed by atoms with Crippen molar-refractivity contribution in [2.45, 2.75) is 38.9 Å². The molecule has 11 heteroatoms. The van der Waals surface area contributed by atoms with Gasteiger partial charge in [-0.2, -0.15) is 9.97 Å². The van der Waals surface area contributed by atoms with Crippen LogP contribution in [0.4, 0.5) is 10.2 Å². The monoisotopic (exact) mass is 494 g/mol. The van der Waals surface area contributed by atoms with Crippen LogP contribution in [0.5, 0.6) is 11.8 Å². The highest BCUT2D eigenvalue weighted by atomic mass is 35.5. The highest BCUT2D eigenvalue weighted by molar-refractivity contribution is 7.93. The molecule has 0 radical (unpaired) electrons. The fourth-order valence-corrected chi connectivity index (χ4v) is 4.37. The molecule has 0 aliphatic rings. The van der Waals surface area contributed by atoms with E-state index in [-0.39, 0.29) is 33.9 Å². The number of benzene rings is 1. The first-order valence-electron chi connectivity index (χ1n) is 10.2. The molecule has 0 unspecified atom stereocenters. The van der Waals surface area contributed by atoms with E-state index in [1.807, 2.05) is 6.92 Å². The molecule has 3 rings (SSSR count). The number of rotatable bonds is 8. The van der Waals surface area contributed by atoms with Gasteiger partial charge >= 0.3 is 6.01 Å². The fourth-order valence-electron chi connectivity index (χ4n) is 3.04. The van der Waals surface area contributed by atoms with E-state index in [1.165, 1.54) is 41.1 Å². The van der Waals surface area contributed by atoms with E-state index in [4.69, 9.17) is 16.3 Å². The van der Waals surface area contributed by atoms with Gasteiger partial charge in [-0.1, -0.05) is 31.0 Å². The van der Waals surface area contributed by atoms with E-state index in [0.29, 0.717) is 24.0 Å². The van der Waals surface area contributed by atoms with E-state index in [9.17, 15) is 17.6 Å². The van der Waals surface area contributed by atoms with Crippen molar-refractivity contribution in [2.24, 2.45) is 7.05 Å². The van der Waals surface area contributed by atoms with Crippen LogP contribution in [-0.4, -0.2) is 28.2 Å². The molecular weight excluding hydrogens is 471 g/mol. The van der Waals surface area contributed by atoms with Crippen LogP contribution < -0.4 is 15.0 Å². The van der Waals surface area contributed by atoms with Crippen molar-refractivity contribution in [1.82, 2.24) is 14.5 Å². The standard InChI is InChI=1S/C22H24ClFN4O4S/c1-5-6-14(3)33(30,31)27-18-11-17(15-8-10-19(29)28(4)12-15)25-22(26-18)32-21-16(23)9-7-13(2)20(21)24/h7-12,14H,5-6H2,1-4H3,(H,25,26,27)/t14-/m0/s1. The molecule has 33 heavy (non-hydrogen) atoms. The summed E-state index contributed by atoms with van der Waals surface area (Å²) >= 11 is 6.10. The van der Waals surface area contributed by atoms with Crippen LogP contribution in [0.2, 0.25) is 5.02 Å². The summed E-state index contributed by atoms with van der Waals surface area (Å²) in [4.78, 5) is 20.2. The average molecular weight is 495 g/mol. The molecule has 0 spiro atoms. The number of hydrogen-bond acceptors (Lipinski definition) is 6. The van der Waals surface area contributed by atoms with E-state index >= 15 is 0 Å². The zero-order valence-corrected chi connectivity index (χ0v) is 20.2. The molecule has 1 atom stereocenters. The molecule has 0 fully saturated rings. The molecule has 8 nitrogen and oxygen atoms in total. The van der Waals surface area contributed by atoms with Crippen molar-refractivity contribution >= 4 is 27.4 Å². The van der Waals surface area contributed by atoms with Gasteiger partial charge in [0.25, 0.3) is 0 Å². The molecule has 0 bridgehead atoms. The summed E-state index contributed by atoms with van der Waals surface area (Å²) in [7, 11) is -2.18. The van der Waals surface area contributed by atoms with Gasteiger partial charge in [-0.3, -0.25) is 9.52 Å². The second kappa shape index (κ2) is 9.88. The first kappa shape index (κ1) is 24.7. The average Bonchev–Trinajstić information content (AvgIpc) is 2.75. The minimum Gasteiger partial charge on any atom is -0.419 e. The lowest BCUT2D eigenvalue weighted by Crippen LogP contribution is -2.25. The normalized spacial score (nSPS) is 12.4. The topological polar surface area (TPSA) is 103 Å². The molecule has 1 N–H and O–H groups in total. The van der Waals surface area contributed by atoms with Crippen LogP contribution in [-0.2, 0) is 17.1 Å². The molecule has 1 aromatic carbocycles. The summed E-state index contributed by atoms with van der Waals surface area (Å²) in [6, 6.07) is 6.96. The highest BCUT2D eigenvalue weighted by Crippen LogP contribution is 2.34. The molecule has 0 saturated heterocycles. The molecule has 3 aromatic rings. The predicted molar refractivity (Wildman–Crippen MR) is 126 cm³/mol. The minimum atomic E-state index is -3.75. The Balaban J connectivity index is 2.11. The number of hydrogen-bond donors (Lipinski definition) is 1. The van der Waals surface area contributed by atoms with Crippen LogP contribution in [0.1, 0.15) is 32.3 Å². The number of pyridine rings is 1. The quantitative estimate of drug-likeness (QED) is 0.488. The Morgan fingerprint density at radius 2 is 1.97 bits per heavy atom. The van der Waals surface area contributed by atoms with Gasteiger partial charge in [0.05, 0.1) is 16.0 Å². The van der Waals surface area contributed by atoms with Crippen molar-refractivity contribution < 1.29 is 17.5 Å². The Morgan fingerprint density at radius 3 is 2.64 bits per heavy atom. The zero-order valence-electron chi connectivity index (χ0n) is 18.6. The minimum absolute atomic E-state index is 0.00732. The lowest BCUT2D eigenvalue weighted by molar-refractivity contribution is 0.411. The fraction of sp³-hybridized carbons (Fsp3) is 0.318. The predicted octanol–water partition coefficient (Wildman–Crippen LogP) is 4.67. The van der Waals surface area contributed by atoms with Gasteiger partial charge in [0.1, 0.15) is 5.82 Å². The molecule has 0 amide bonds. The number of nitrogens with one attached hydrogen (secondary N) is 1. The summed E-state index contributed by atoms with van der Waals surface area (Å²) in [6.45, 7) is 5.04. The first-order chi connectivity index (χ1) is 15.5. The lowest BCUT2D eigenvalue weighted by atomic mass is 10.2. The van der Waals surface area contributed by atoms with Gasteiger partial charge in [-0.15, -0.1) is 0 Å². The Kier molecular flexibility index (Phi) is 7.38. The van der Waals surface area contributed by atoms with Crippen molar-refractivity contribution in [3.63, 3.8) is 0 Å². The van der Waals surface area contributed by atoms with Crippen LogP contribution in [0, 0.1) is 12.7 Å². The molecule has 2 heterocycles. The van der Waals surface area contributed by atoms with Crippen LogP contribution in [0.25, 0.3) is 11.3 Å². The summed E-state index contributed by atoms with van der Waals surface area (Å²) in [5, 5.41) is -0.653. The van der Waals surface area contributed by atoms with Gasteiger partial charge in [0.2, 0.25) is 15.6 Å². The molecule has 0 aliphatic carbocycles. The number of ether oxygens (including phenoxy) is 1. The summed E-state index contributed by atoms with van der Waals surface area (Å²) < 4.78 is 49.4. The summed E-state index contributed by atoms with van der Waals surface area (Å²) in [5.74, 6) is -1.02. The Hall–Kier alpha value is -2.98. The Bertz CT molecular complexity index is 1340. The van der Waals surface area contributed by atoms with Crippen LogP contribution >= 0.6 is 11.6 Å². The number of anilines is 1. The largest absolute Gasteiger partial charge is 0.419 e. The highest BCUT2D eigenvalue weighted by Gasteiger charge is 2.22. The SMILES string of the molecule is CCC[C@H](C)S(=O)(=O)Nc1cc(-c2ccc(=O)n(C)c2)nc(Oc2c(Cl)ccc(C)c2F)n1. The van der Waals surface area contributed by atoms with Crippen molar-refractivity contribution in [3.8, 4) is 23.0 Å². The Morgan fingerprint density at radius 1 is 1.24 bits per heavy atom. The smallest absolute Gasteiger partial charge is 0.324 e. The van der Waals surface area contributed by atoms with Gasteiger partial charge in [0, 0.05) is 30.9 Å². The first-order valence-corrected chi connectivity index (χ1v) is 12.1. The number of nitrogens with zero attached hydrogens (tertiary/aromatic N) is 3. The third kappa shape index (κ3) is 5.69. The molecular formula is C22H24ClFN4O4S. The maximum Gasteiger partial charge on any atom is 0.324 e. The van der Waals surface area contributed by atoms with Gasteiger partial charge in [-0.05, 0) is 38.0 Å². The summed E-state index contributed by atoms with van der Waals surface area (Å²) in [5.41, 5.74) is 0.841. The van der Waals surface area contributed by atoms with E-state index in [1.54, 1.807) is 20.9 Å². The lowest BCUT2D eigenvalue weighted by Gasteiger charge is -2.15. The number of aromatic nitrogens is 3. The van der Waals surface area contributed by atoms with Gasteiger partial charge in [0.15, 0.2) is 11.6 Å². The number of sulfonamides is 1. The number of halogens is 2. The second-order valence-electron chi connectivity index (χ2n) is 7.64.